The Morgan fingerprint density at radius 2 is 1.76 bits per heavy atom. The Labute approximate surface area is 102 Å². The third kappa shape index (κ3) is 1.80. The number of hydrogen-bond acceptors (Lipinski definition) is 3. The van der Waals surface area contributed by atoms with Crippen LogP contribution in [0.2, 0.25) is 0 Å². The lowest BCUT2D eigenvalue weighted by Gasteiger charge is -2.12. The van der Waals surface area contributed by atoms with Gasteiger partial charge in [-0.05, 0) is 22.0 Å². The monoisotopic (exact) mass is 304 g/mol. The van der Waals surface area contributed by atoms with Gasteiger partial charge in [-0.2, -0.15) is 0 Å². The average Bonchev–Trinajstić information content (AvgIpc) is 2.48. The quantitative estimate of drug-likeness (QED) is 0.483. The smallest absolute Gasteiger partial charge is 0.269 e. The largest absolute Gasteiger partial charge is 0.336 e. The molecule has 1 aromatic rings. The second-order valence-corrected chi connectivity index (χ2v) is 3.97. The summed E-state index contributed by atoms with van der Waals surface area (Å²) in [6, 6.07) is 0.296. The van der Waals surface area contributed by atoms with Gasteiger partial charge in [-0.25, -0.2) is 18.5 Å². The molecule has 17 heavy (non-hydrogen) atoms. The van der Waals surface area contributed by atoms with E-state index in [-0.39, 0.29) is 9.37 Å². The van der Waals surface area contributed by atoms with Gasteiger partial charge in [0.2, 0.25) is 0 Å². The Morgan fingerprint density at radius 3 is 2.29 bits per heavy atom. The van der Waals surface area contributed by atoms with Crippen molar-refractivity contribution in [3.63, 3.8) is 0 Å². The number of carbonyl (C=O) groups is 3. The molecular weight excluding hydrogens is 302 g/mol. The summed E-state index contributed by atoms with van der Waals surface area (Å²) >= 11 is 2.74. The molecule has 0 saturated carbocycles. The van der Waals surface area contributed by atoms with Crippen LogP contribution in [0, 0.1) is 11.6 Å². The van der Waals surface area contributed by atoms with E-state index in [1.807, 2.05) is 0 Å². The molecule has 1 N–H and O–H groups in total. The molecule has 5 nitrogen and oxygen atoms in total. The summed E-state index contributed by atoms with van der Waals surface area (Å²) in [4.78, 5) is 33.6. The summed E-state index contributed by atoms with van der Waals surface area (Å²) in [6.45, 7) is 0. The number of hydrogen-bond donors (Lipinski definition) is 1. The maximum Gasteiger partial charge on any atom is 0.336 e. The maximum atomic E-state index is 13.5. The molecule has 0 atom stereocenters. The molecule has 1 aromatic carbocycles. The zero-order valence-electron chi connectivity index (χ0n) is 7.96. The van der Waals surface area contributed by atoms with E-state index in [0.717, 1.165) is 6.07 Å². The fraction of sp³-hybridized carbons (Fsp3) is 0. The van der Waals surface area contributed by atoms with Gasteiger partial charge in [-0.1, -0.05) is 0 Å². The van der Waals surface area contributed by atoms with Crippen molar-refractivity contribution in [1.29, 1.82) is 0 Å². The number of halogens is 3. The van der Waals surface area contributed by atoms with Gasteiger partial charge in [0.25, 0.3) is 0 Å². The van der Waals surface area contributed by atoms with Gasteiger partial charge in [0.1, 0.15) is 11.6 Å². The summed E-state index contributed by atoms with van der Waals surface area (Å²) in [5.74, 6) is -4.30. The minimum atomic E-state index is -1.25. The normalized spacial score (nSPS) is 15.5. The topological polar surface area (TPSA) is 66.5 Å². The van der Waals surface area contributed by atoms with Crippen LogP contribution >= 0.6 is 15.9 Å². The third-order valence-corrected chi connectivity index (χ3v) is 2.66. The molecule has 0 aliphatic carbocycles. The molecule has 2 rings (SSSR count). The van der Waals surface area contributed by atoms with Crippen molar-refractivity contribution in [3.05, 3.63) is 28.2 Å². The lowest BCUT2D eigenvalue weighted by molar-refractivity contribution is -0.134. The van der Waals surface area contributed by atoms with Crippen LogP contribution < -0.4 is 10.2 Å². The Bertz CT molecular complexity index is 561. The van der Waals surface area contributed by atoms with E-state index in [1.54, 1.807) is 5.32 Å². The number of anilines is 1. The molecular formula is C9H3BrF2N2O3. The minimum absolute atomic E-state index is 0.155. The van der Waals surface area contributed by atoms with E-state index in [9.17, 15) is 23.2 Å². The van der Waals surface area contributed by atoms with Crippen molar-refractivity contribution < 1.29 is 23.2 Å². The molecule has 88 valence electrons. The summed E-state index contributed by atoms with van der Waals surface area (Å²) in [5, 5.41) is 1.67. The lowest BCUT2D eigenvalue weighted by atomic mass is 10.2. The molecule has 0 aromatic heterocycles. The standard InChI is InChI=1S/C9H3BrF2N2O3/c10-3-1-5(12)6(2-4(3)11)14-8(16)7(15)13-9(14)17/h1-2H,(H,13,15,17). The van der Waals surface area contributed by atoms with Crippen molar-refractivity contribution in [1.82, 2.24) is 5.32 Å². The second kappa shape index (κ2) is 3.88. The fourth-order valence-electron chi connectivity index (χ4n) is 1.30. The average molecular weight is 305 g/mol. The van der Waals surface area contributed by atoms with Crippen molar-refractivity contribution >= 4 is 39.5 Å². The summed E-state index contributed by atoms with van der Waals surface area (Å²) in [7, 11) is 0. The van der Waals surface area contributed by atoms with Crippen LogP contribution in [-0.4, -0.2) is 17.8 Å². The Morgan fingerprint density at radius 1 is 1.12 bits per heavy atom. The Hall–Kier alpha value is -1.83. The molecule has 1 fully saturated rings. The van der Waals surface area contributed by atoms with Crippen molar-refractivity contribution in [2.24, 2.45) is 0 Å². The van der Waals surface area contributed by atoms with Gasteiger partial charge < -0.3 is 0 Å². The van der Waals surface area contributed by atoms with E-state index in [2.05, 4.69) is 15.9 Å². The Balaban J connectivity index is 2.55. The first kappa shape index (κ1) is 11.6. The van der Waals surface area contributed by atoms with E-state index >= 15 is 0 Å². The summed E-state index contributed by atoms with van der Waals surface area (Å²) in [5.41, 5.74) is -0.612. The molecule has 1 heterocycles. The lowest BCUT2D eigenvalue weighted by Crippen LogP contribution is -2.31. The highest BCUT2D eigenvalue weighted by molar-refractivity contribution is 9.10. The molecule has 0 radical (unpaired) electrons. The number of urea groups is 1. The van der Waals surface area contributed by atoms with Crippen LogP contribution in [0.15, 0.2) is 16.6 Å². The van der Waals surface area contributed by atoms with Crippen LogP contribution in [0.5, 0.6) is 0 Å². The number of carbonyl (C=O) groups excluding carboxylic acids is 3. The highest BCUT2D eigenvalue weighted by Crippen LogP contribution is 2.27. The number of nitrogens with one attached hydrogen (secondary N) is 1. The van der Waals surface area contributed by atoms with Gasteiger partial charge in [-0.15, -0.1) is 0 Å². The van der Waals surface area contributed by atoms with Crippen LogP contribution in [0.1, 0.15) is 0 Å². The summed E-state index contributed by atoms with van der Waals surface area (Å²) < 4.78 is 26.5. The van der Waals surface area contributed by atoms with Crippen molar-refractivity contribution in [3.8, 4) is 0 Å². The van der Waals surface area contributed by atoms with Crippen molar-refractivity contribution in [2.45, 2.75) is 0 Å². The van der Waals surface area contributed by atoms with Gasteiger partial charge in [0, 0.05) is 6.07 Å². The number of amides is 4. The first-order valence-electron chi connectivity index (χ1n) is 4.25. The van der Waals surface area contributed by atoms with Gasteiger partial charge in [-0.3, -0.25) is 14.9 Å². The number of rotatable bonds is 1. The van der Waals surface area contributed by atoms with Gasteiger partial charge in [0.05, 0.1) is 10.2 Å². The highest BCUT2D eigenvalue weighted by Gasteiger charge is 2.39. The molecule has 0 unspecified atom stereocenters. The fourth-order valence-corrected chi connectivity index (χ4v) is 1.62. The SMILES string of the molecule is O=C1NC(=O)N(c2cc(F)c(Br)cc2F)C1=O. The van der Waals surface area contributed by atoms with Crippen LogP contribution in [-0.2, 0) is 9.59 Å². The molecule has 0 spiro atoms. The van der Waals surface area contributed by atoms with Crippen LogP contribution in [0.25, 0.3) is 0 Å². The van der Waals surface area contributed by atoms with E-state index in [0.29, 0.717) is 6.07 Å². The van der Waals surface area contributed by atoms with Crippen LogP contribution in [0.3, 0.4) is 0 Å². The zero-order chi connectivity index (χ0) is 12.7. The summed E-state index contributed by atoms with van der Waals surface area (Å²) in [6.07, 6.45) is 0. The number of benzene rings is 1. The Kier molecular flexibility index (Phi) is 2.66. The second-order valence-electron chi connectivity index (χ2n) is 3.12. The number of imide groups is 2. The molecule has 1 aliphatic rings. The molecule has 8 heteroatoms. The van der Waals surface area contributed by atoms with Gasteiger partial charge >= 0.3 is 17.8 Å². The number of nitrogens with zero attached hydrogens (tertiary/aromatic N) is 1. The predicted octanol–water partition coefficient (Wildman–Crippen LogP) is 1.31. The predicted molar refractivity (Wildman–Crippen MR) is 55.1 cm³/mol. The first-order chi connectivity index (χ1) is 7.91. The van der Waals surface area contributed by atoms with Crippen molar-refractivity contribution in [2.75, 3.05) is 4.90 Å². The van der Waals surface area contributed by atoms with E-state index < -0.39 is 35.2 Å². The van der Waals surface area contributed by atoms with Crippen LogP contribution in [0.4, 0.5) is 19.3 Å². The minimum Gasteiger partial charge on any atom is -0.269 e. The molecule has 4 amide bonds. The van der Waals surface area contributed by atoms with E-state index in [4.69, 9.17) is 0 Å². The highest BCUT2D eigenvalue weighted by atomic mass is 79.9. The van der Waals surface area contributed by atoms with Gasteiger partial charge in [0.15, 0.2) is 0 Å². The molecule has 0 bridgehead atoms. The molecule has 1 saturated heterocycles. The zero-order valence-corrected chi connectivity index (χ0v) is 9.55. The maximum absolute atomic E-state index is 13.5. The third-order valence-electron chi connectivity index (χ3n) is 2.05. The van der Waals surface area contributed by atoms with E-state index in [1.165, 1.54) is 0 Å². The molecule has 1 aliphatic heterocycles. The first-order valence-corrected chi connectivity index (χ1v) is 5.05.